The van der Waals surface area contributed by atoms with E-state index in [2.05, 4.69) is 21.7 Å². The van der Waals surface area contributed by atoms with Crippen molar-refractivity contribution in [2.24, 2.45) is 10.7 Å². The molecule has 8 nitrogen and oxygen atoms in total. The van der Waals surface area contributed by atoms with Gasteiger partial charge in [-0.25, -0.2) is 0 Å². The Kier molecular flexibility index (Phi) is 4.14. The molecule has 2 heterocycles. The van der Waals surface area contributed by atoms with Crippen molar-refractivity contribution in [2.45, 2.75) is 5.92 Å². The molecule has 0 aliphatic carbocycles. The summed E-state index contributed by atoms with van der Waals surface area (Å²) in [6, 6.07) is 8.29. The standard InChI is InChI=1S/C15H14N6O2S/c1-24-15-18-7-11-12(8-2-4-9(5-3-8)21(22)23)10(6-16)13(17)19-14(11)20-15/h2-5,12,19H,7,17H2,1H3,(H,18,20). The van der Waals surface area contributed by atoms with Crippen LogP contribution in [0, 0.1) is 21.4 Å². The third-order valence-corrected chi connectivity index (χ3v) is 4.50. The van der Waals surface area contributed by atoms with Crippen molar-refractivity contribution < 1.29 is 4.92 Å². The van der Waals surface area contributed by atoms with Crippen molar-refractivity contribution >= 4 is 22.6 Å². The first-order valence-electron chi connectivity index (χ1n) is 7.04. The number of thioether (sulfide) groups is 1. The van der Waals surface area contributed by atoms with Gasteiger partial charge < -0.3 is 16.4 Å². The smallest absolute Gasteiger partial charge is 0.269 e. The molecule has 4 N–H and O–H groups in total. The lowest BCUT2D eigenvalue weighted by Gasteiger charge is -2.32. The SMILES string of the molecule is CSC1=NCC2=C(N1)NC(N)=C(C#N)C2c1ccc([N+](=O)[O-])cc1. The highest BCUT2D eigenvalue weighted by molar-refractivity contribution is 8.13. The van der Waals surface area contributed by atoms with Crippen molar-refractivity contribution in [3.63, 3.8) is 0 Å². The normalized spacial score (nSPS) is 19.7. The maximum atomic E-state index is 10.8. The first kappa shape index (κ1) is 15.9. The second-order valence-corrected chi connectivity index (χ2v) is 5.99. The number of nitriles is 1. The first-order valence-corrected chi connectivity index (χ1v) is 8.27. The number of nitrogens with two attached hydrogens (primary N) is 1. The Balaban J connectivity index is 2.04. The number of benzene rings is 1. The van der Waals surface area contributed by atoms with Gasteiger partial charge in [-0.1, -0.05) is 23.9 Å². The summed E-state index contributed by atoms with van der Waals surface area (Å²) in [7, 11) is 0. The fraction of sp³-hybridized carbons (Fsp3) is 0.200. The number of non-ortho nitro benzene ring substituents is 1. The van der Waals surface area contributed by atoms with E-state index < -0.39 is 4.92 Å². The van der Waals surface area contributed by atoms with Crippen LogP contribution in [0.25, 0.3) is 0 Å². The number of nitrogens with zero attached hydrogens (tertiary/aromatic N) is 3. The average molecular weight is 342 g/mol. The Bertz CT molecular complexity index is 835. The zero-order chi connectivity index (χ0) is 17.3. The molecule has 0 aromatic heterocycles. The molecule has 3 rings (SSSR count). The van der Waals surface area contributed by atoms with Crippen LogP contribution >= 0.6 is 11.8 Å². The highest BCUT2D eigenvalue weighted by Gasteiger charge is 2.33. The number of allylic oxidation sites excluding steroid dienone is 1. The Hall–Kier alpha value is -2.99. The molecule has 9 heteroatoms. The Morgan fingerprint density at radius 3 is 2.71 bits per heavy atom. The van der Waals surface area contributed by atoms with E-state index in [0.717, 1.165) is 16.3 Å². The Morgan fingerprint density at radius 2 is 2.12 bits per heavy atom. The lowest BCUT2D eigenvalue weighted by atomic mass is 9.82. The number of hydrogen-bond acceptors (Lipinski definition) is 8. The van der Waals surface area contributed by atoms with Crippen LogP contribution in [0.5, 0.6) is 0 Å². The summed E-state index contributed by atoms with van der Waals surface area (Å²) in [6.45, 7) is 0.422. The summed E-state index contributed by atoms with van der Waals surface area (Å²) in [5.41, 5.74) is 8.03. The summed E-state index contributed by atoms with van der Waals surface area (Å²) >= 11 is 1.48. The monoisotopic (exact) mass is 342 g/mol. The van der Waals surface area contributed by atoms with E-state index in [1.807, 2.05) is 6.26 Å². The predicted molar refractivity (Wildman–Crippen MR) is 91.8 cm³/mol. The van der Waals surface area contributed by atoms with Crippen molar-refractivity contribution in [1.82, 2.24) is 10.6 Å². The van der Waals surface area contributed by atoms with Gasteiger partial charge in [-0.3, -0.25) is 15.1 Å². The highest BCUT2D eigenvalue weighted by atomic mass is 32.2. The largest absolute Gasteiger partial charge is 0.384 e. The molecule has 0 fully saturated rings. The summed E-state index contributed by atoms with van der Waals surface area (Å²) in [6.07, 6.45) is 1.91. The number of nitrogens with one attached hydrogen (secondary N) is 2. The van der Waals surface area contributed by atoms with E-state index in [0.29, 0.717) is 17.9 Å². The van der Waals surface area contributed by atoms with E-state index in [9.17, 15) is 15.4 Å². The minimum Gasteiger partial charge on any atom is -0.384 e. The fourth-order valence-electron chi connectivity index (χ4n) is 2.74. The van der Waals surface area contributed by atoms with E-state index in [1.54, 1.807) is 12.1 Å². The fourth-order valence-corrected chi connectivity index (χ4v) is 3.14. The lowest BCUT2D eigenvalue weighted by molar-refractivity contribution is -0.384. The molecule has 1 aromatic rings. The van der Waals surface area contributed by atoms with E-state index in [4.69, 9.17) is 5.73 Å². The average Bonchev–Trinajstić information content (AvgIpc) is 2.60. The number of hydrogen-bond donors (Lipinski definition) is 3. The summed E-state index contributed by atoms with van der Waals surface area (Å²) in [5.74, 6) is 0.607. The van der Waals surface area contributed by atoms with Gasteiger partial charge in [0.2, 0.25) is 0 Å². The lowest BCUT2D eigenvalue weighted by Crippen LogP contribution is -2.41. The van der Waals surface area contributed by atoms with Gasteiger partial charge >= 0.3 is 0 Å². The maximum Gasteiger partial charge on any atom is 0.269 e. The van der Waals surface area contributed by atoms with Crippen LogP contribution in [-0.4, -0.2) is 22.9 Å². The van der Waals surface area contributed by atoms with E-state index >= 15 is 0 Å². The van der Waals surface area contributed by atoms with Gasteiger partial charge in [0.05, 0.1) is 23.1 Å². The number of rotatable bonds is 2. The molecule has 1 aromatic carbocycles. The number of aliphatic imine (C=N–C) groups is 1. The van der Waals surface area contributed by atoms with Gasteiger partial charge in [0.15, 0.2) is 5.17 Å². The van der Waals surface area contributed by atoms with Crippen molar-refractivity contribution in [3.05, 3.63) is 62.7 Å². The first-order chi connectivity index (χ1) is 11.5. The number of nitro benzene ring substituents is 1. The molecule has 0 radical (unpaired) electrons. The zero-order valence-corrected chi connectivity index (χ0v) is 13.6. The Labute approximate surface area is 142 Å². The molecule has 0 spiro atoms. The van der Waals surface area contributed by atoms with Crippen molar-refractivity contribution in [1.29, 1.82) is 5.26 Å². The minimum atomic E-state index is -0.455. The van der Waals surface area contributed by atoms with Gasteiger partial charge in [-0.15, -0.1) is 0 Å². The number of amidine groups is 1. The van der Waals surface area contributed by atoms with Crippen LogP contribution in [-0.2, 0) is 0 Å². The van der Waals surface area contributed by atoms with Gasteiger partial charge in [0.1, 0.15) is 11.6 Å². The molecule has 1 atom stereocenters. The molecule has 24 heavy (non-hydrogen) atoms. The van der Waals surface area contributed by atoms with Crippen molar-refractivity contribution in [3.8, 4) is 6.07 Å². The third kappa shape index (κ3) is 2.68. The Morgan fingerprint density at radius 1 is 1.42 bits per heavy atom. The molecule has 1 unspecified atom stereocenters. The van der Waals surface area contributed by atoms with Crippen LogP contribution in [0.4, 0.5) is 5.69 Å². The third-order valence-electron chi connectivity index (χ3n) is 3.88. The minimum absolute atomic E-state index is 0.00167. The number of dihydropyridines is 1. The van der Waals surface area contributed by atoms with Crippen LogP contribution in [0.15, 0.2) is 52.0 Å². The highest BCUT2D eigenvalue weighted by Crippen LogP contribution is 2.38. The molecule has 0 bridgehead atoms. The molecule has 0 saturated heterocycles. The second-order valence-electron chi connectivity index (χ2n) is 5.20. The molecule has 2 aliphatic heterocycles. The molecule has 0 saturated carbocycles. The maximum absolute atomic E-state index is 10.8. The topological polar surface area (TPSA) is 129 Å². The molecule has 2 aliphatic rings. The summed E-state index contributed by atoms with van der Waals surface area (Å²) < 4.78 is 0. The van der Waals surface area contributed by atoms with Crippen molar-refractivity contribution in [2.75, 3.05) is 12.8 Å². The second kappa shape index (κ2) is 6.25. The van der Waals surface area contributed by atoms with Crippen LogP contribution in [0.2, 0.25) is 0 Å². The summed E-state index contributed by atoms with van der Waals surface area (Å²) in [4.78, 5) is 14.8. The molecule has 0 amide bonds. The molecular formula is C15H14N6O2S. The number of nitro groups is 1. The van der Waals surface area contributed by atoms with E-state index in [-0.39, 0.29) is 17.4 Å². The van der Waals surface area contributed by atoms with Crippen LogP contribution in [0.3, 0.4) is 0 Å². The van der Waals surface area contributed by atoms with Gasteiger partial charge in [-0.2, -0.15) is 5.26 Å². The zero-order valence-electron chi connectivity index (χ0n) is 12.7. The van der Waals surface area contributed by atoms with Gasteiger partial charge in [0, 0.05) is 23.6 Å². The van der Waals surface area contributed by atoms with Crippen LogP contribution < -0.4 is 16.4 Å². The summed E-state index contributed by atoms with van der Waals surface area (Å²) in [5, 5.41) is 27.3. The predicted octanol–water partition coefficient (Wildman–Crippen LogP) is 1.51. The quantitative estimate of drug-likeness (QED) is 0.548. The van der Waals surface area contributed by atoms with Gasteiger partial charge in [-0.05, 0) is 11.8 Å². The van der Waals surface area contributed by atoms with E-state index in [1.165, 1.54) is 23.9 Å². The van der Waals surface area contributed by atoms with Gasteiger partial charge in [0.25, 0.3) is 5.69 Å². The van der Waals surface area contributed by atoms with Crippen LogP contribution in [0.1, 0.15) is 11.5 Å². The molecule has 122 valence electrons. The molecular weight excluding hydrogens is 328 g/mol.